The lowest BCUT2D eigenvalue weighted by molar-refractivity contribution is -0.137. The molecule has 0 saturated heterocycles. The van der Waals surface area contributed by atoms with E-state index < -0.39 is 17.5 Å². The number of carbonyl (C=O) groups is 1. The first-order valence-corrected chi connectivity index (χ1v) is 7.44. The van der Waals surface area contributed by atoms with Gasteiger partial charge in [-0.3, -0.25) is 4.79 Å². The van der Waals surface area contributed by atoms with Crippen molar-refractivity contribution in [2.75, 3.05) is 0 Å². The Balaban J connectivity index is 2.43. The third-order valence-electron chi connectivity index (χ3n) is 2.77. The molecule has 2 aromatic rings. The molecular formula is C14H10BrF3OS. The Bertz CT molecular complexity index is 646. The number of carbonyl (C=O) groups excluding carboxylic acids is 1. The minimum absolute atomic E-state index is 0.0318. The van der Waals surface area contributed by atoms with Crippen molar-refractivity contribution in [2.24, 2.45) is 0 Å². The predicted octanol–water partition coefficient (Wildman–Crippen LogP) is 5.32. The molecule has 0 atom stereocenters. The number of hydrogen-bond donors (Lipinski definition) is 0. The van der Waals surface area contributed by atoms with Gasteiger partial charge in [-0.05, 0) is 36.8 Å². The molecule has 0 N–H and O–H groups in total. The summed E-state index contributed by atoms with van der Waals surface area (Å²) >= 11 is 4.44. The predicted molar refractivity (Wildman–Crippen MR) is 76.3 cm³/mol. The molecule has 1 aromatic heterocycles. The zero-order chi connectivity index (χ0) is 14.9. The standard InChI is InChI=1S/C14H10BrF3OS/c1-2-9-4-6-12(20-9)13(19)10-7-8(14(16,17)18)3-5-11(10)15/h3-7H,2H2,1H3. The number of halogens is 4. The molecule has 0 aliphatic carbocycles. The first-order valence-electron chi connectivity index (χ1n) is 5.83. The number of benzene rings is 1. The molecule has 20 heavy (non-hydrogen) atoms. The molecule has 0 bridgehead atoms. The van der Waals surface area contributed by atoms with Gasteiger partial charge >= 0.3 is 6.18 Å². The van der Waals surface area contributed by atoms with Crippen molar-refractivity contribution in [2.45, 2.75) is 19.5 Å². The molecular weight excluding hydrogens is 353 g/mol. The second-order valence-corrected chi connectivity index (χ2v) is 6.16. The van der Waals surface area contributed by atoms with Crippen LogP contribution in [0, 0.1) is 0 Å². The Morgan fingerprint density at radius 1 is 1.25 bits per heavy atom. The Morgan fingerprint density at radius 2 is 1.95 bits per heavy atom. The van der Waals surface area contributed by atoms with Crippen LogP contribution in [0.1, 0.15) is 32.6 Å². The topological polar surface area (TPSA) is 17.1 Å². The van der Waals surface area contributed by atoms with E-state index in [1.807, 2.05) is 13.0 Å². The van der Waals surface area contributed by atoms with E-state index in [0.717, 1.165) is 23.4 Å². The van der Waals surface area contributed by atoms with Gasteiger partial charge in [0.1, 0.15) is 0 Å². The number of ketones is 1. The van der Waals surface area contributed by atoms with Crippen LogP contribution in [0.4, 0.5) is 13.2 Å². The summed E-state index contributed by atoms with van der Waals surface area (Å²) in [5.74, 6) is -0.396. The van der Waals surface area contributed by atoms with Crippen molar-refractivity contribution in [3.63, 3.8) is 0 Å². The Hall–Kier alpha value is -1.14. The molecule has 0 unspecified atom stereocenters. The molecule has 2 rings (SSSR count). The van der Waals surface area contributed by atoms with Crippen LogP contribution in [0.3, 0.4) is 0 Å². The van der Waals surface area contributed by atoms with E-state index in [1.165, 1.54) is 17.4 Å². The van der Waals surface area contributed by atoms with Crippen molar-refractivity contribution < 1.29 is 18.0 Å². The van der Waals surface area contributed by atoms with Crippen LogP contribution < -0.4 is 0 Å². The minimum atomic E-state index is -4.46. The summed E-state index contributed by atoms with van der Waals surface area (Å²) < 4.78 is 38.5. The van der Waals surface area contributed by atoms with Gasteiger partial charge in [0.15, 0.2) is 0 Å². The fraction of sp³-hybridized carbons (Fsp3) is 0.214. The van der Waals surface area contributed by atoms with Crippen molar-refractivity contribution in [3.05, 3.63) is 55.7 Å². The zero-order valence-electron chi connectivity index (χ0n) is 10.4. The molecule has 0 saturated carbocycles. The number of aryl methyl sites for hydroxylation is 1. The Kier molecular flexibility index (Phi) is 4.34. The highest BCUT2D eigenvalue weighted by atomic mass is 79.9. The third-order valence-corrected chi connectivity index (χ3v) is 4.69. The fourth-order valence-corrected chi connectivity index (χ4v) is 3.03. The zero-order valence-corrected chi connectivity index (χ0v) is 12.8. The van der Waals surface area contributed by atoms with Gasteiger partial charge in [-0.2, -0.15) is 13.2 Å². The van der Waals surface area contributed by atoms with Crippen molar-refractivity contribution in [1.29, 1.82) is 0 Å². The third kappa shape index (κ3) is 3.12. The maximum absolute atomic E-state index is 12.7. The second kappa shape index (κ2) is 5.69. The largest absolute Gasteiger partial charge is 0.416 e. The van der Waals surface area contributed by atoms with E-state index in [4.69, 9.17) is 0 Å². The fourth-order valence-electron chi connectivity index (χ4n) is 1.70. The van der Waals surface area contributed by atoms with Gasteiger partial charge < -0.3 is 0 Å². The van der Waals surface area contributed by atoms with Crippen LogP contribution in [0.2, 0.25) is 0 Å². The number of hydrogen-bond acceptors (Lipinski definition) is 2. The Morgan fingerprint density at radius 3 is 2.50 bits per heavy atom. The highest BCUT2D eigenvalue weighted by Gasteiger charge is 2.31. The average molecular weight is 363 g/mol. The number of thiophene rings is 1. The van der Waals surface area contributed by atoms with E-state index in [1.54, 1.807) is 6.07 Å². The normalized spacial score (nSPS) is 11.7. The molecule has 0 radical (unpaired) electrons. The van der Waals surface area contributed by atoms with Gasteiger partial charge in [0.05, 0.1) is 10.4 Å². The van der Waals surface area contributed by atoms with Crippen LogP contribution in [-0.4, -0.2) is 5.78 Å². The monoisotopic (exact) mass is 362 g/mol. The summed E-state index contributed by atoms with van der Waals surface area (Å²) in [6.45, 7) is 1.96. The van der Waals surface area contributed by atoms with Crippen LogP contribution in [0.5, 0.6) is 0 Å². The van der Waals surface area contributed by atoms with E-state index >= 15 is 0 Å². The molecule has 0 aliphatic heterocycles. The average Bonchev–Trinajstić information content (AvgIpc) is 2.86. The molecule has 6 heteroatoms. The summed E-state index contributed by atoms with van der Waals surface area (Å²) in [5.41, 5.74) is -0.791. The van der Waals surface area contributed by atoms with Gasteiger partial charge in [-0.25, -0.2) is 0 Å². The van der Waals surface area contributed by atoms with Crippen molar-refractivity contribution in [3.8, 4) is 0 Å². The van der Waals surface area contributed by atoms with Gasteiger partial charge in [0.2, 0.25) is 5.78 Å². The quantitative estimate of drug-likeness (QED) is 0.675. The highest BCUT2D eigenvalue weighted by molar-refractivity contribution is 9.10. The lowest BCUT2D eigenvalue weighted by Gasteiger charge is -2.09. The SMILES string of the molecule is CCc1ccc(C(=O)c2cc(C(F)(F)F)ccc2Br)s1. The first-order chi connectivity index (χ1) is 9.32. The lowest BCUT2D eigenvalue weighted by atomic mass is 10.1. The van der Waals surface area contributed by atoms with Crippen LogP contribution in [-0.2, 0) is 12.6 Å². The van der Waals surface area contributed by atoms with Gasteiger partial charge in [0, 0.05) is 14.9 Å². The van der Waals surface area contributed by atoms with Gasteiger partial charge in [-0.1, -0.05) is 22.9 Å². The molecule has 0 spiro atoms. The minimum Gasteiger partial charge on any atom is -0.288 e. The molecule has 0 fully saturated rings. The van der Waals surface area contributed by atoms with Crippen LogP contribution >= 0.6 is 27.3 Å². The van der Waals surface area contributed by atoms with Crippen LogP contribution in [0.25, 0.3) is 0 Å². The highest BCUT2D eigenvalue weighted by Crippen LogP contribution is 2.33. The molecule has 1 heterocycles. The smallest absolute Gasteiger partial charge is 0.288 e. The van der Waals surface area contributed by atoms with Crippen molar-refractivity contribution >= 4 is 33.0 Å². The van der Waals surface area contributed by atoms with E-state index in [-0.39, 0.29) is 5.56 Å². The lowest BCUT2D eigenvalue weighted by Crippen LogP contribution is -2.08. The maximum Gasteiger partial charge on any atom is 0.416 e. The van der Waals surface area contributed by atoms with E-state index in [2.05, 4.69) is 15.9 Å². The van der Waals surface area contributed by atoms with Gasteiger partial charge in [0.25, 0.3) is 0 Å². The van der Waals surface area contributed by atoms with Gasteiger partial charge in [-0.15, -0.1) is 11.3 Å². The maximum atomic E-state index is 12.7. The Labute approximate surface area is 126 Å². The molecule has 1 aromatic carbocycles. The summed E-state index contributed by atoms with van der Waals surface area (Å²) in [6, 6.07) is 6.56. The summed E-state index contributed by atoms with van der Waals surface area (Å²) in [7, 11) is 0. The number of alkyl halides is 3. The molecule has 1 nitrogen and oxygen atoms in total. The van der Waals surface area contributed by atoms with E-state index in [9.17, 15) is 18.0 Å². The molecule has 0 amide bonds. The summed E-state index contributed by atoms with van der Waals surface area (Å²) in [5, 5.41) is 0. The van der Waals surface area contributed by atoms with Crippen molar-refractivity contribution in [1.82, 2.24) is 0 Å². The molecule has 106 valence electrons. The first kappa shape index (κ1) is 15.3. The van der Waals surface area contributed by atoms with E-state index in [0.29, 0.717) is 9.35 Å². The molecule has 0 aliphatic rings. The second-order valence-electron chi connectivity index (χ2n) is 4.14. The summed E-state index contributed by atoms with van der Waals surface area (Å²) in [6.07, 6.45) is -3.67. The summed E-state index contributed by atoms with van der Waals surface area (Å²) in [4.78, 5) is 13.8. The van der Waals surface area contributed by atoms with Crippen LogP contribution in [0.15, 0.2) is 34.8 Å². The number of rotatable bonds is 3.